The monoisotopic (exact) mass is 334 g/mol. The van der Waals surface area contributed by atoms with E-state index < -0.39 is 16.1 Å². The van der Waals surface area contributed by atoms with E-state index in [1.165, 1.54) is 16.4 Å². The zero-order valence-corrected chi connectivity index (χ0v) is 13.0. The number of aliphatic hydroxyl groups excluding tert-OH is 1. The number of rotatable bonds is 4. The van der Waals surface area contributed by atoms with Crippen LogP contribution < -0.4 is 5.73 Å². The van der Waals surface area contributed by atoms with E-state index in [9.17, 15) is 13.5 Å². The Labute approximate surface area is 128 Å². The van der Waals surface area contributed by atoms with Crippen molar-refractivity contribution < 1.29 is 13.5 Å². The van der Waals surface area contributed by atoms with E-state index in [1.807, 2.05) is 0 Å². The molecule has 0 saturated carbocycles. The number of nitrogens with zero attached hydrogens (tertiary/aromatic N) is 1. The molecule has 0 spiro atoms. The summed E-state index contributed by atoms with van der Waals surface area (Å²) in [6, 6.07) is 4.03. The van der Waals surface area contributed by atoms with Gasteiger partial charge < -0.3 is 10.8 Å². The van der Waals surface area contributed by atoms with Gasteiger partial charge in [0.1, 0.15) is 9.88 Å². The van der Waals surface area contributed by atoms with Gasteiger partial charge in [-0.15, -0.1) is 0 Å². The number of nitrogens with two attached hydrogens (primary N) is 1. The quantitative estimate of drug-likeness (QED) is 0.806. The second kappa shape index (κ2) is 5.95. The predicted octanol–water partition coefficient (Wildman–Crippen LogP) is 1.12. The maximum atomic E-state index is 12.6. The second-order valence-corrected chi connectivity index (χ2v) is 7.31. The predicted molar refractivity (Wildman–Crippen MR) is 81.3 cm³/mol. The Morgan fingerprint density at radius 1 is 1.55 bits per heavy atom. The summed E-state index contributed by atoms with van der Waals surface area (Å²) in [6.45, 7) is 0.174. The summed E-state index contributed by atoms with van der Waals surface area (Å²) in [6.07, 6.45) is 1.36. The molecule has 0 aromatic heterocycles. The van der Waals surface area contributed by atoms with E-state index in [2.05, 4.69) is 0 Å². The number of hydrogen-bond acceptors (Lipinski definition) is 4. The van der Waals surface area contributed by atoms with Gasteiger partial charge >= 0.3 is 0 Å². The summed E-state index contributed by atoms with van der Waals surface area (Å²) in [5.74, 6) is 0. The molecule has 1 aliphatic rings. The lowest BCUT2D eigenvalue weighted by Gasteiger charge is -2.23. The fourth-order valence-electron chi connectivity index (χ4n) is 2.29. The molecule has 1 fully saturated rings. The minimum Gasteiger partial charge on any atom is -0.395 e. The summed E-state index contributed by atoms with van der Waals surface area (Å²) in [5.41, 5.74) is 5.97. The molecule has 0 amide bonds. The van der Waals surface area contributed by atoms with Gasteiger partial charge in [0.25, 0.3) is 0 Å². The Balaban J connectivity index is 2.48. The highest BCUT2D eigenvalue weighted by atomic mass is 35.5. The van der Waals surface area contributed by atoms with Gasteiger partial charge in [0.2, 0.25) is 10.0 Å². The lowest BCUT2D eigenvalue weighted by Crippen LogP contribution is -2.37. The molecule has 1 unspecified atom stereocenters. The highest BCUT2D eigenvalue weighted by Gasteiger charge is 2.36. The van der Waals surface area contributed by atoms with E-state index in [4.69, 9.17) is 29.6 Å². The van der Waals surface area contributed by atoms with Crippen LogP contribution in [0.2, 0.25) is 5.02 Å². The zero-order valence-electron chi connectivity index (χ0n) is 10.6. The average molecular weight is 335 g/mol. The van der Waals surface area contributed by atoms with Crippen molar-refractivity contribution in [2.24, 2.45) is 5.73 Å². The first kappa shape index (κ1) is 15.7. The van der Waals surface area contributed by atoms with Gasteiger partial charge in [-0.05, 0) is 25.0 Å². The summed E-state index contributed by atoms with van der Waals surface area (Å²) < 4.78 is 26.6. The smallest absolute Gasteiger partial charge is 0.244 e. The van der Waals surface area contributed by atoms with Crippen LogP contribution in [0, 0.1) is 0 Å². The molecule has 1 heterocycles. The molecule has 3 N–H and O–H groups in total. The molecule has 0 bridgehead atoms. The van der Waals surface area contributed by atoms with Crippen LogP contribution in [0.15, 0.2) is 23.1 Å². The first-order valence-electron chi connectivity index (χ1n) is 6.10. The summed E-state index contributed by atoms with van der Waals surface area (Å²) in [5, 5.41) is 9.40. The van der Waals surface area contributed by atoms with E-state index in [0.29, 0.717) is 18.5 Å². The van der Waals surface area contributed by atoms with Crippen LogP contribution >= 0.6 is 23.8 Å². The third-order valence-electron chi connectivity index (χ3n) is 3.34. The van der Waals surface area contributed by atoms with E-state index >= 15 is 0 Å². The minimum atomic E-state index is -3.76. The van der Waals surface area contributed by atoms with Crippen LogP contribution in [-0.4, -0.2) is 42.0 Å². The molecule has 5 nitrogen and oxygen atoms in total. The van der Waals surface area contributed by atoms with E-state index in [1.54, 1.807) is 6.07 Å². The van der Waals surface area contributed by atoms with Crippen LogP contribution in [-0.2, 0) is 10.0 Å². The third-order valence-corrected chi connectivity index (χ3v) is 6.01. The average Bonchev–Trinajstić information content (AvgIpc) is 2.87. The van der Waals surface area contributed by atoms with Gasteiger partial charge in [0.05, 0.1) is 11.6 Å². The standard InChI is InChI=1S/C12H15ClN2O3S2/c13-10-4-3-8(12(14)19)6-11(10)20(17,18)15-5-1-2-9(15)7-16/h3-4,6,9,16H,1-2,5,7H2,(H2,14,19). The summed E-state index contributed by atoms with van der Waals surface area (Å²) >= 11 is 10.9. The number of halogens is 1. The molecular formula is C12H15ClN2O3S2. The van der Waals surface area contributed by atoms with E-state index in [0.717, 1.165) is 6.42 Å². The molecule has 1 aromatic carbocycles. The molecule has 1 aromatic rings. The highest BCUT2D eigenvalue weighted by molar-refractivity contribution is 7.89. The maximum absolute atomic E-state index is 12.6. The van der Waals surface area contributed by atoms with Crippen molar-refractivity contribution in [1.82, 2.24) is 4.31 Å². The SMILES string of the molecule is NC(=S)c1ccc(Cl)c(S(=O)(=O)N2CCCC2CO)c1. The Morgan fingerprint density at radius 2 is 2.25 bits per heavy atom. The molecule has 1 aliphatic heterocycles. The molecule has 110 valence electrons. The Bertz CT molecular complexity index is 634. The van der Waals surface area contributed by atoms with Crippen LogP contribution in [0.1, 0.15) is 18.4 Å². The van der Waals surface area contributed by atoms with Crippen molar-refractivity contribution in [3.8, 4) is 0 Å². The molecule has 2 rings (SSSR count). The highest BCUT2D eigenvalue weighted by Crippen LogP contribution is 2.30. The fourth-order valence-corrected chi connectivity index (χ4v) is 4.60. The Kier molecular flexibility index (Phi) is 4.66. The summed E-state index contributed by atoms with van der Waals surface area (Å²) in [4.78, 5) is 0.0862. The number of thiocarbonyl (C=S) groups is 1. The van der Waals surface area contributed by atoms with Crippen molar-refractivity contribution in [3.63, 3.8) is 0 Å². The van der Waals surface area contributed by atoms with Gasteiger partial charge in [0, 0.05) is 18.2 Å². The normalized spacial score (nSPS) is 20.2. The van der Waals surface area contributed by atoms with Crippen LogP contribution in [0.3, 0.4) is 0 Å². The first-order valence-corrected chi connectivity index (χ1v) is 8.32. The van der Waals surface area contributed by atoms with Crippen molar-refractivity contribution in [1.29, 1.82) is 0 Å². The summed E-state index contributed by atoms with van der Waals surface area (Å²) in [7, 11) is -3.76. The number of benzene rings is 1. The molecule has 1 atom stereocenters. The molecule has 0 radical (unpaired) electrons. The fraction of sp³-hybridized carbons (Fsp3) is 0.417. The van der Waals surface area contributed by atoms with Gasteiger partial charge in [-0.1, -0.05) is 29.9 Å². The lowest BCUT2D eigenvalue weighted by atomic mass is 10.2. The molecule has 8 heteroatoms. The number of hydrogen-bond donors (Lipinski definition) is 2. The molecule has 20 heavy (non-hydrogen) atoms. The van der Waals surface area contributed by atoms with Crippen molar-refractivity contribution in [2.45, 2.75) is 23.8 Å². The van der Waals surface area contributed by atoms with Gasteiger partial charge in [0.15, 0.2) is 0 Å². The van der Waals surface area contributed by atoms with Crippen molar-refractivity contribution >= 4 is 38.8 Å². The van der Waals surface area contributed by atoms with Gasteiger partial charge in [-0.3, -0.25) is 0 Å². The lowest BCUT2D eigenvalue weighted by molar-refractivity contribution is 0.213. The minimum absolute atomic E-state index is 0.0233. The Hall–Kier alpha value is -0.730. The van der Waals surface area contributed by atoms with E-state index in [-0.39, 0.29) is 21.5 Å². The topological polar surface area (TPSA) is 83.6 Å². The van der Waals surface area contributed by atoms with Crippen molar-refractivity contribution in [3.05, 3.63) is 28.8 Å². The largest absolute Gasteiger partial charge is 0.395 e. The van der Waals surface area contributed by atoms with Gasteiger partial charge in [-0.25, -0.2) is 8.42 Å². The van der Waals surface area contributed by atoms with Gasteiger partial charge in [-0.2, -0.15) is 4.31 Å². The zero-order chi connectivity index (χ0) is 14.9. The first-order chi connectivity index (χ1) is 9.37. The van der Waals surface area contributed by atoms with Crippen LogP contribution in [0.4, 0.5) is 0 Å². The molecule has 1 saturated heterocycles. The van der Waals surface area contributed by atoms with Crippen LogP contribution in [0.5, 0.6) is 0 Å². The third kappa shape index (κ3) is 2.82. The second-order valence-electron chi connectivity index (χ2n) is 4.60. The van der Waals surface area contributed by atoms with Crippen molar-refractivity contribution in [2.75, 3.05) is 13.2 Å². The number of sulfonamides is 1. The molecule has 0 aliphatic carbocycles. The molecular weight excluding hydrogens is 320 g/mol. The van der Waals surface area contributed by atoms with Crippen LogP contribution in [0.25, 0.3) is 0 Å². The number of aliphatic hydroxyl groups is 1. The maximum Gasteiger partial charge on any atom is 0.244 e. The Morgan fingerprint density at radius 3 is 2.85 bits per heavy atom.